The Kier molecular flexibility index (Phi) is 34.9. The van der Waals surface area contributed by atoms with Crippen molar-refractivity contribution < 1.29 is 75.9 Å². The van der Waals surface area contributed by atoms with Crippen LogP contribution in [0.4, 0.5) is 0 Å². The van der Waals surface area contributed by atoms with E-state index in [0.717, 1.165) is 0 Å². The van der Waals surface area contributed by atoms with Crippen molar-refractivity contribution in [3.8, 4) is 0 Å². The van der Waals surface area contributed by atoms with E-state index in [4.69, 9.17) is 66.3 Å². The SMILES string of the molecule is C=C(C)C(=O)OCC(C)OCC(C)OCC(C)OCC(C)OCC(C)OCC(C)OCC(C)OCC(C)OCC(C)OCC(C)OCC(C)OCC(C)OCC(C)OC(=O)C(=C)C. The third-order valence-electron chi connectivity index (χ3n) is 8.84. The summed E-state index contributed by atoms with van der Waals surface area (Å²) in [5, 5.41) is 0. The van der Waals surface area contributed by atoms with Crippen molar-refractivity contribution in [1.29, 1.82) is 0 Å². The van der Waals surface area contributed by atoms with Gasteiger partial charge in [0, 0.05) is 11.1 Å². The summed E-state index contributed by atoms with van der Waals surface area (Å²) in [7, 11) is 0. The van der Waals surface area contributed by atoms with Gasteiger partial charge in [-0.25, -0.2) is 9.59 Å². The Morgan fingerprint density at radius 1 is 0.286 bits per heavy atom. The van der Waals surface area contributed by atoms with Gasteiger partial charge in [-0.05, 0) is 104 Å². The Morgan fingerprint density at radius 3 is 0.619 bits per heavy atom. The van der Waals surface area contributed by atoms with Crippen LogP contribution in [-0.2, 0) is 75.9 Å². The molecule has 0 saturated heterocycles. The molecule has 0 fully saturated rings. The number of carbonyl (C=O) groups excluding carboxylic acids is 2. The third kappa shape index (κ3) is 35.8. The van der Waals surface area contributed by atoms with Crippen LogP contribution >= 0.6 is 0 Å². The monoisotopic (exact) mass is 909 g/mol. The lowest BCUT2D eigenvalue weighted by atomic mass is 10.3. The van der Waals surface area contributed by atoms with E-state index in [1.54, 1.807) is 20.8 Å². The largest absolute Gasteiger partial charge is 0.460 e. The summed E-state index contributed by atoms with van der Waals surface area (Å²) >= 11 is 0. The van der Waals surface area contributed by atoms with Crippen LogP contribution in [0.25, 0.3) is 0 Å². The average Bonchev–Trinajstić information content (AvgIpc) is 3.24. The molecule has 0 aromatic rings. The zero-order chi connectivity index (χ0) is 47.9. The molecule has 13 unspecified atom stereocenters. The highest BCUT2D eigenvalue weighted by Gasteiger charge is 2.18. The Hall–Kier alpha value is -2.06. The van der Waals surface area contributed by atoms with Crippen molar-refractivity contribution in [2.75, 3.05) is 85.9 Å². The maximum absolute atomic E-state index is 11.6. The molecule has 0 N–H and O–H groups in total. The van der Waals surface area contributed by atoms with Crippen LogP contribution in [0.2, 0.25) is 0 Å². The number of esters is 2. The summed E-state index contributed by atoms with van der Waals surface area (Å²) < 4.78 is 81.0. The number of rotatable bonds is 41. The summed E-state index contributed by atoms with van der Waals surface area (Å²) in [5.41, 5.74) is 0.715. The van der Waals surface area contributed by atoms with Crippen LogP contribution in [0.3, 0.4) is 0 Å². The van der Waals surface area contributed by atoms with Crippen LogP contribution < -0.4 is 0 Å². The lowest BCUT2D eigenvalue weighted by Gasteiger charge is -2.23. The van der Waals surface area contributed by atoms with E-state index in [9.17, 15) is 9.59 Å². The minimum absolute atomic E-state index is 0.117. The minimum Gasteiger partial charge on any atom is -0.460 e. The quantitative estimate of drug-likeness (QED) is 0.0484. The molecular formula is C47H88O16. The van der Waals surface area contributed by atoms with Gasteiger partial charge in [0.1, 0.15) is 12.7 Å². The Labute approximate surface area is 380 Å². The molecule has 0 aromatic carbocycles. The molecular weight excluding hydrogens is 821 g/mol. The van der Waals surface area contributed by atoms with E-state index >= 15 is 0 Å². The van der Waals surface area contributed by atoms with Crippen LogP contribution in [0.1, 0.15) is 104 Å². The summed E-state index contributed by atoms with van der Waals surface area (Å²) in [5.74, 6) is -0.852. The molecule has 0 amide bonds. The predicted octanol–water partition coefficient (Wildman–Crippen LogP) is 6.47. The maximum atomic E-state index is 11.6. The predicted molar refractivity (Wildman–Crippen MR) is 241 cm³/mol. The molecule has 16 heteroatoms. The third-order valence-corrected chi connectivity index (χ3v) is 8.84. The highest BCUT2D eigenvalue weighted by molar-refractivity contribution is 5.87. The standard InChI is InChI=1S/C47H88O16/c1-31(2)46(48)62-29-44(16)60-27-42(14)58-25-40(12)56-23-38(10)54-21-36(8)52-19-34(6)50-18-33(5)51-20-35(7)53-22-37(9)55-24-39(11)57-26-41(13)59-28-43(15)61-30-45(17)63-47(49)32(3)4/h33-45H,1,3,18-30H2,2,4-17H3. The molecule has 0 aliphatic heterocycles. The first kappa shape index (κ1) is 60.9. The fraction of sp³-hybridized carbons (Fsp3) is 0.872. The first-order valence-electron chi connectivity index (χ1n) is 22.7. The van der Waals surface area contributed by atoms with Crippen LogP contribution in [-0.4, -0.2) is 177 Å². The van der Waals surface area contributed by atoms with E-state index in [1.165, 1.54) is 0 Å². The summed E-state index contributed by atoms with van der Waals surface area (Å²) in [6, 6.07) is 0. The molecule has 16 nitrogen and oxygen atoms in total. The van der Waals surface area contributed by atoms with Gasteiger partial charge in [0.05, 0.1) is 153 Å². The number of hydrogen-bond donors (Lipinski definition) is 0. The molecule has 0 aliphatic rings. The molecule has 0 saturated carbocycles. The van der Waals surface area contributed by atoms with Gasteiger partial charge >= 0.3 is 11.9 Å². The molecule has 372 valence electrons. The van der Waals surface area contributed by atoms with Crippen molar-refractivity contribution >= 4 is 11.9 Å². The zero-order valence-electron chi connectivity index (χ0n) is 41.6. The summed E-state index contributed by atoms with van der Waals surface area (Å²) in [6.07, 6.45) is -2.01. The molecule has 0 spiro atoms. The van der Waals surface area contributed by atoms with E-state index < -0.39 is 11.9 Å². The Bertz CT molecular complexity index is 1200. The molecule has 0 radical (unpaired) electrons. The topological polar surface area (TPSA) is 163 Å². The van der Waals surface area contributed by atoms with E-state index in [-0.39, 0.29) is 92.6 Å². The summed E-state index contributed by atoms with van der Waals surface area (Å²) in [4.78, 5) is 23.1. The van der Waals surface area contributed by atoms with Gasteiger partial charge in [0.2, 0.25) is 0 Å². The van der Waals surface area contributed by atoms with Crippen molar-refractivity contribution in [1.82, 2.24) is 0 Å². The van der Waals surface area contributed by atoms with Crippen molar-refractivity contribution in [3.63, 3.8) is 0 Å². The first-order valence-corrected chi connectivity index (χ1v) is 22.7. The average molecular weight is 909 g/mol. The van der Waals surface area contributed by atoms with Gasteiger partial charge in [-0.2, -0.15) is 0 Å². The van der Waals surface area contributed by atoms with Gasteiger partial charge in [0.25, 0.3) is 0 Å². The lowest BCUT2D eigenvalue weighted by molar-refractivity contribution is -0.148. The van der Waals surface area contributed by atoms with Gasteiger partial charge < -0.3 is 66.3 Å². The van der Waals surface area contributed by atoms with E-state index in [2.05, 4.69) is 13.2 Å². The van der Waals surface area contributed by atoms with Crippen LogP contribution in [0.5, 0.6) is 0 Å². The van der Waals surface area contributed by atoms with Crippen molar-refractivity contribution in [3.05, 3.63) is 24.3 Å². The minimum atomic E-state index is -0.426. The van der Waals surface area contributed by atoms with E-state index in [0.29, 0.717) is 83.8 Å². The van der Waals surface area contributed by atoms with Crippen molar-refractivity contribution in [2.45, 2.75) is 183 Å². The number of ether oxygens (including phenoxy) is 14. The molecule has 0 heterocycles. The van der Waals surface area contributed by atoms with Gasteiger partial charge in [-0.15, -0.1) is 0 Å². The molecule has 0 bridgehead atoms. The van der Waals surface area contributed by atoms with Crippen LogP contribution in [0.15, 0.2) is 24.3 Å². The highest BCUT2D eigenvalue weighted by atomic mass is 16.6. The van der Waals surface area contributed by atoms with E-state index in [1.807, 2.05) is 83.1 Å². The van der Waals surface area contributed by atoms with Gasteiger partial charge in [-0.1, -0.05) is 13.2 Å². The fourth-order valence-electron chi connectivity index (χ4n) is 4.81. The normalized spacial score (nSPS) is 18.1. The first-order chi connectivity index (χ1) is 29.6. The second kappa shape index (κ2) is 36.1. The van der Waals surface area contributed by atoms with Crippen molar-refractivity contribution in [2.24, 2.45) is 0 Å². The zero-order valence-corrected chi connectivity index (χ0v) is 41.6. The molecule has 0 rings (SSSR count). The molecule has 0 aliphatic carbocycles. The number of hydrogen-bond acceptors (Lipinski definition) is 16. The van der Waals surface area contributed by atoms with Gasteiger partial charge in [-0.3, -0.25) is 0 Å². The highest BCUT2D eigenvalue weighted by Crippen LogP contribution is 2.08. The van der Waals surface area contributed by atoms with Gasteiger partial charge in [0.15, 0.2) is 0 Å². The fourth-order valence-corrected chi connectivity index (χ4v) is 4.81. The van der Waals surface area contributed by atoms with Crippen LogP contribution in [0, 0.1) is 0 Å². The molecule has 13 atom stereocenters. The second-order valence-electron chi connectivity index (χ2n) is 17.1. The Balaban J connectivity index is 4.01. The number of carbonyl (C=O) groups is 2. The lowest BCUT2D eigenvalue weighted by Crippen LogP contribution is -2.31. The smallest absolute Gasteiger partial charge is 0.333 e. The second-order valence-corrected chi connectivity index (χ2v) is 17.1. The molecule has 63 heavy (non-hydrogen) atoms. The summed E-state index contributed by atoms with van der Waals surface area (Å²) in [6.45, 7) is 40.5. The Morgan fingerprint density at radius 2 is 0.444 bits per heavy atom. The molecule has 0 aromatic heterocycles. The maximum Gasteiger partial charge on any atom is 0.333 e.